The molecule has 0 aliphatic carbocycles. The number of rotatable bonds is 9. The molecule has 0 saturated heterocycles. The molecule has 0 aromatic rings. The van der Waals surface area contributed by atoms with Crippen LogP contribution in [0.4, 0.5) is 0 Å². The minimum Gasteiger partial charge on any atom is -0.356 e. The second-order valence-corrected chi connectivity index (χ2v) is 5.91. The molecule has 0 amide bonds. The van der Waals surface area contributed by atoms with Crippen LogP contribution in [0.2, 0.25) is 0 Å². The molecule has 0 aromatic carbocycles. The van der Waals surface area contributed by atoms with Gasteiger partial charge in [0.2, 0.25) is 0 Å². The van der Waals surface area contributed by atoms with Crippen LogP contribution in [0, 0.1) is 5.92 Å². The van der Waals surface area contributed by atoms with Crippen molar-refractivity contribution in [2.24, 2.45) is 5.92 Å². The van der Waals surface area contributed by atoms with E-state index in [1.54, 1.807) is 0 Å². The molecule has 0 fully saturated rings. The van der Waals surface area contributed by atoms with Gasteiger partial charge in [-0.25, -0.2) is 0 Å². The smallest absolute Gasteiger partial charge is 0.146 e. The molecule has 86 valence electrons. The Balaban J connectivity index is 3.10. The number of hydrogen-bond acceptors (Lipinski definition) is 2. The van der Waals surface area contributed by atoms with Crippen molar-refractivity contribution in [2.75, 3.05) is 20.0 Å². The van der Waals surface area contributed by atoms with Gasteiger partial charge in [-0.15, -0.1) is 0 Å². The van der Waals surface area contributed by atoms with Crippen LogP contribution >= 0.6 is 22.6 Å². The Morgan fingerprint density at radius 3 is 2.50 bits per heavy atom. The molecule has 0 N–H and O–H groups in total. The summed E-state index contributed by atoms with van der Waals surface area (Å²) in [6.45, 7) is 8.59. The topological polar surface area (TPSA) is 18.5 Å². The zero-order valence-corrected chi connectivity index (χ0v) is 11.7. The number of halogens is 1. The van der Waals surface area contributed by atoms with Gasteiger partial charge in [0, 0.05) is 17.1 Å². The van der Waals surface area contributed by atoms with E-state index in [4.69, 9.17) is 9.47 Å². The van der Waals surface area contributed by atoms with E-state index in [1.807, 2.05) is 6.92 Å². The van der Waals surface area contributed by atoms with Crippen molar-refractivity contribution >= 4 is 22.6 Å². The van der Waals surface area contributed by atoms with E-state index in [1.165, 1.54) is 12.8 Å². The zero-order chi connectivity index (χ0) is 10.8. The largest absolute Gasteiger partial charge is 0.356 e. The normalized spacial score (nSPS) is 15.4. The molecule has 0 spiro atoms. The van der Waals surface area contributed by atoms with Crippen molar-refractivity contribution in [1.82, 2.24) is 0 Å². The van der Waals surface area contributed by atoms with Crippen LogP contribution in [0.25, 0.3) is 0 Å². The highest BCUT2D eigenvalue weighted by atomic mass is 127. The predicted molar refractivity (Wildman–Crippen MR) is 68.9 cm³/mol. The quantitative estimate of drug-likeness (QED) is 0.280. The molecule has 0 aliphatic heterocycles. The third kappa shape index (κ3) is 10.7. The maximum Gasteiger partial charge on any atom is 0.146 e. The van der Waals surface area contributed by atoms with Gasteiger partial charge >= 0.3 is 0 Å². The summed E-state index contributed by atoms with van der Waals surface area (Å²) in [5.41, 5.74) is 0. The number of ether oxygens (including phenoxy) is 2. The lowest BCUT2D eigenvalue weighted by Gasteiger charge is -2.12. The lowest BCUT2D eigenvalue weighted by atomic mass is 10.0. The molecule has 2 nitrogen and oxygen atoms in total. The minimum atomic E-state index is 0.452. The molecule has 2 unspecified atom stereocenters. The third-order valence-corrected chi connectivity index (χ3v) is 2.59. The minimum absolute atomic E-state index is 0.452. The van der Waals surface area contributed by atoms with Gasteiger partial charge in [0.1, 0.15) is 6.79 Å². The summed E-state index contributed by atoms with van der Waals surface area (Å²) in [6.07, 6.45) is 3.73. The van der Waals surface area contributed by atoms with E-state index in [-0.39, 0.29) is 0 Å². The highest BCUT2D eigenvalue weighted by Crippen LogP contribution is 2.17. The second kappa shape index (κ2) is 10.2. The van der Waals surface area contributed by atoms with E-state index in [0.717, 1.165) is 29.5 Å². The fourth-order valence-electron chi connectivity index (χ4n) is 1.41. The predicted octanol–water partition coefficient (Wildman–Crippen LogP) is 3.63. The molecular formula is C11H23IO2. The van der Waals surface area contributed by atoms with Gasteiger partial charge in [0.25, 0.3) is 0 Å². The van der Waals surface area contributed by atoms with Gasteiger partial charge in [-0.3, -0.25) is 0 Å². The SMILES string of the molecule is CCOCOCCCC(C)CC(C)I. The van der Waals surface area contributed by atoms with Crippen molar-refractivity contribution < 1.29 is 9.47 Å². The van der Waals surface area contributed by atoms with Crippen LogP contribution in [-0.4, -0.2) is 23.9 Å². The lowest BCUT2D eigenvalue weighted by molar-refractivity contribution is -0.0507. The van der Waals surface area contributed by atoms with E-state index >= 15 is 0 Å². The molecule has 2 atom stereocenters. The molecule has 0 saturated carbocycles. The van der Waals surface area contributed by atoms with Crippen LogP contribution < -0.4 is 0 Å². The summed E-state index contributed by atoms with van der Waals surface area (Å²) in [4.78, 5) is 0. The number of alkyl halides is 1. The van der Waals surface area contributed by atoms with Crippen LogP contribution in [-0.2, 0) is 9.47 Å². The second-order valence-electron chi connectivity index (χ2n) is 3.78. The molecule has 0 rings (SSSR count). The summed E-state index contributed by atoms with van der Waals surface area (Å²) >= 11 is 2.49. The first-order chi connectivity index (χ1) is 6.66. The average Bonchev–Trinajstić information content (AvgIpc) is 2.10. The van der Waals surface area contributed by atoms with Gasteiger partial charge in [0.15, 0.2) is 0 Å². The fraction of sp³-hybridized carbons (Fsp3) is 1.00. The summed E-state index contributed by atoms with van der Waals surface area (Å²) in [6, 6.07) is 0. The van der Waals surface area contributed by atoms with Gasteiger partial charge in [0.05, 0.1) is 0 Å². The maximum absolute atomic E-state index is 5.31. The van der Waals surface area contributed by atoms with Crippen LogP contribution in [0.15, 0.2) is 0 Å². The number of hydrogen-bond donors (Lipinski definition) is 0. The Labute approximate surface area is 102 Å². The molecule has 3 heteroatoms. The van der Waals surface area contributed by atoms with Crippen LogP contribution in [0.1, 0.15) is 40.0 Å². The molecule has 0 aromatic heterocycles. The first-order valence-electron chi connectivity index (χ1n) is 5.46. The zero-order valence-electron chi connectivity index (χ0n) is 9.59. The van der Waals surface area contributed by atoms with E-state index < -0.39 is 0 Å². The highest BCUT2D eigenvalue weighted by molar-refractivity contribution is 14.1. The first-order valence-corrected chi connectivity index (χ1v) is 6.71. The van der Waals surface area contributed by atoms with Crippen LogP contribution in [0.5, 0.6) is 0 Å². The first kappa shape index (κ1) is 14.6. The van der Waals surface area contributed by atoms with Crippen LogP contribution in [0.3, 0.4) is 0 Å². The maximum atomic E-state index is 5.31. The molecule has 0 bridgehead atoms. The summed E-state index contributed by atoms with van der Waals surface area (Å²) in [7, 11) is 0. The molecule has 14 heavy (non-hydrogen) atoms. The molecule has 0 radical (unpaired) electrons. The summed E-state index contributed by atoms with van der Waals surface area (Å²) in [5.74, 6) is 0.817. The van der Waals surface area contributed by atoms with Crippen molar-refractivity contribution in [3.8, 4) is 0 Å². The van der Waals surface area contributed by atoms with E-state index in [9.17, 15) is 0 Å². The standard InChI is InChI=1S/C11H23IO2/c1-4-13-9-14-7-5-6-10(2)8-11(3)12/h10-11H,4-9H2,1-3H3. The monoisotopic (exact) mass is 314 g/mol. The Kier molecular flexibility index (Phi) is 10.6. The highest BCUT2D eigenvalue weighted by Gasteiger charge is 2.05. The molecule has 0 aliphatic rings. The Bertz CT molecular complexity index is 118. The van der Waals surface area contributed by atoms with Crippen molar-refractivity contribution in [3.05, 3.63) is 0 Å². The Morgan fingerprint density at radius 2 is 1.93 bits per heavy atom. The summed E-state index contributed by atoms with van der Waals surface area (Å²) < 4.78 is 11.2. The average molecular weight is 314 g/mol. The van der Waals surface area contributed by atoms with Gasteiger partial charge < -0.3 is 9.47 Å². The Morgan fingerprint density at radius 1 is 1.21 bits per heavy atom. The van der Waals surface area contributed by atoms with E-state index in [2.05, 4.69) is 36.4 Å². The van der Waals surface area contributed by atoms with Gasteiger partial charge in [-0.2, -0.15) is 0 Å². The van der Waals surface area contributed by atoms with E-state index in [0.29, 0.717) is 6.79 Å². The molecular weight excluding hydrogens is 291 g/mol. The lowest BCUT2D eigenvalue weighted by Crippen LogP contribution is -2.05. The summed E-state index contributed by atoms with van der Waals surface area (Å²) in [5, 5.41) is 0. The Hall–Kier alpha value is 0.650. The van der Waals surface area contributed by atoms with Crippen molar-refractivity contribution in [3.63, 3.8) is 0 Å². The fourth-order valence-corrected chi connectivity index (χ4v) is 2.28. The van der Waals surface area contributed by atoms with Gasteiger partial charge in [-0.1, -0.05) is 36.4 Å². The van der Waals surface area contributed by atoms with Crippen molar-refractivity contribution in [1.29, 1.82) is 0 Å². The van der Waals surface area contributed by atoms with Crippen molar-refractivity contribution in [2.45, 2.75) is 44.0 Å². The molecule has 0 heterocycles. The van der Waals surface area contributed by atoms with Gasteiger partial charge in [-0.05, 0) is 32.1 Å². The third-order valence-electron chi connectivity index (χ3n) is 2.08.